The molecule has 11 heavy (non-hydrogen) atoms. The Kier molecular flexibility index (Phi) is 4.66. The average Bonchev–Trinajstić information content (AvgIpc) is 1.86. The standard InChI is InChI=1S/C3H8O5P2S/c4-2-9(5)3(1-11)10(6,7)8/h1,3-4,6-8H,2H2/q+2. The fourth-order valence-electron chi connectivity index (χ4n) is 0.406. The number of hydrogen-bond donors (Lipinski definition) is 4. The number of thiocarbonyl (C=S) groups is 1. The van der Waals surface area contributed by atoms with Gasteiger partial charge in [-0.25, -0.2) is 0 Å². The lowest BCUT2D eigenvalue weighted by atomic mass is 10.9. The first-order chi connectivity index (χ1) is 4.93. The number of aliphatic hydroxyl groups is 1. The monoisotopic (exact) mass is 218 g/mol. The lowest BCUT2D eigenvalue weighted by molar-refractivity contribution is 0.329. The molecular weight excluding hydrogens is 210 g/mol. The van der Waals surface area contributed by atoms with Crippen molar-refractivity contribution >= 4 is 33.3 Å². The van der Waals surface area contributed by atoms with E-state index in [1.807, 2.05) is 0 Å². The predicted molar refractivity (Wildman–Crippen MR) is 45.7 cm³/mol. The van der Waals surface area contributed by atoms with Gasteiger partial charge in [-0.1, -0.05) is 16.8 Å². The molecule has 0 bridgehead atoms. The Morgan fingerprint density at radius 2 is 2.00 bits per heavy atom. The second kappa shape index (κ2) is 4.48. The van der Waals surface area contributed by atoms with Crippen LogP contribution < -0.4 is 0 Å². The second-order valence-electron chi connectivity index (χ2n) is 1.72. The molecule has 0 aromatic carbocycles. The van der Waals surface area contributed by atoms with Crippen molar-refractivity contribution < 1.29 is 24.4 Å². The van der Waals surface area contributed by atoms with Crippen molar-refractivity contribution in [3.8, 4) is 0 Å². The first kappa shape index (κ1) is 11.5. The molecule has 0 aromatic rings. The van der Waals surface area contributed by atoms with Crippen molar-refractivity contribution in [3.05, 3.63) is 0 Å². The van der Waals surface area contributed by atoms with E-state index in [4.69, 9.17) is 19.8 Å². The van der Waals surface area contributed by atoms with Gasteiger partial charge in [0.05, 0.1) is 5.37 Å². The maximum absolute atomic E-state index is 10.7. The fourth-order valence-corrected chi connectivity index (χ4v) is 3.37. The molecule has 0 aliphatic heterocycles. The molecule has 0 saturated carbocycles. The number of rotatable bonds is 4. The smallest absolute Gasteiger partial charge is 0.353 e. The summed E-state index contributed by atoms with van der Waals surface area (Å²) >= 11 is 4.29. The Morgan fingerprint density at radius 1 is 1.55 bits per heavy atom. The van der Waals surface area contributed by atoms with Crippen molar-refractivity contribution in [1.29, 1.82) is 0 Å². The average molecular weight is 218 g/mol. The molecular formula is C3H8O5P2S+2. The predicted octanol–water partition coefficient (Wildman–Crippen LogP) is -0.171. The zero-order valence-electron chi connectivity index (χ0n) is 5.36. The van der Waals surface area contributed by atoms with Crippen LogP contribution >= 0.6 is 28.0 Å². The van der Waals surface area contributed by atoms with Gasteiger partial charge in [0.15, 0.2) is 0 Å². The molecule has 0 aliphatic rings. The van der Waals surface area contributed by atoms with Gasteiger partial charge in [0, 0.05) is 0 Å². The minimum absolute atomic E-state index is 0.726. The molecule has 4 N–H and O–H groups in total. The quantitative estimate of drug-likeness (QED) is 0.386. The third-order valence-corrected chi connectivity index (χ3v) is 5.17. The van der Waals surface area contributed by atoms with Crippen molar-refractivity contribution in [2.45, 2.75) is 5.40 Å². The van der Waals surface area contributed by atoms with Crippen LogP contribution in [-0.4, -0.2) is 36.9 Å². The molecule has 0 radical (unpaired) electrons. The Bertz CT molecular complexity index is 166. The molecule has 2 atom stereocenters. The van der Waals surface area contributed by atoms with E-state index >= 15 is 0 Å². The lowest BCUT2D eigenvalue weighted by Crippen LogP contribution is -2.10. The molecule has 0 aliphatic carbocycles. The van der Waals surface area contributed by atoms with E-state index in [9.17, 15) is 4.57 Å². The Labute approximate surface area is 70.1 Å². The maximum Gasteiger partial charge on any atom is 0.463 e. The summed E-state index contributed by atoms with van der Waals surface area (Å²) in [7, 11) is -6.49. The summed E-state index contributed by atoms with van der Waals surface area (Å²) < 4.78 is 10.7. The van der Waals surface area contributed by atoms with Gasteiger partial charge in [-0.2, -0.15) is 14.7 Å². The molecule has 0 spiro atoms. The largest absolute Gasteiger partial charge is 0.463 e. The van der Waals surface area contributed by atoms with Crippen LogP contribution in [0.25, 0.3) is 0 Å². The van der Waals surface area contributed by atoms with Gasteiger partial charge in [-0.05, 0) is 0 Å². The van der Waals surface area contributed by atoms with E-state index in [0.717, 1.165) is 5.37 Å². The molecule has 0 aromatic heterocycles. The van der Waals surface area contributed by atoms with E-state index in [0.29, 0.717) is 0 Å². The first-order valence-electron chi connectivity index (χ1n) is 2.50. The third kappa shape index (κ3) is 3.58. The van der Waals surface area contributed by atoms with Gasteiger partial charge in [-0.3, -0.25) is 0 Å². The van der Waals surface area contributed by atoms with E-state index < -0.39 is 27.5 Å². The molecule has 0 rings (SSSR count). The molecule has 0 saturated heterocycles. The van der Waals surface area contributed by atoms with E-state index in [1.165, 1.54) is 0 Å². The minimum atomic E-state index is -4.20. The highest BCUT2D eigenvalue weighted by Crippen LogP contribution is 2.58. The SMILES string of the molecule is O=[P+](CO)C(C=S)[P+](O)(O)O. The molecule has 5 nitrogen and oxygen atoms in total. The maximum atomic E-state index is 10.7. The van der Waals surface area contributed by atoms with Gasteiger partial charge in [0.25, 0.3) is 0 Å². The number of aliphatic hydroxyl groups excluding tert-OH is 1. The summed E-state index contributed by atoms with van der Waals surface area (Å²) in [5.74, 6) is 0. The zero-order valence-corrected chi connectivity index (χ0v) is 7.97. The Morgan fingerprint density at radius 3 is 2.09 bits per heavy atom. The summed E-state index contributed by atoms with van der Waals surface area (Å²) in [4.78, 5) is 25.8. The summed E-state index contributed by atoms with van der Waals surface area (Å²) in [6, 6.07) is 0. The third-order valence-electron chi connectivity index (χ3n) is 0.911. The van der Waals surface area contributed by atoms with Gasteiger partial charge < -0.3 is 5.11 Å². The normalized spacial score (nSPS) is 15.8. The van der Waals surface area contributed by atoms with Crippen LogP contribution in [0.15, 0.2) is 0 Å². The van der Waals surface area contributed by atoms with Gasteiger partial charge in [0.1, 0.15) is 0 Å². The summed E-state index contributed by atoms with van der Waals surface area (Å²) in [6.07, 6.45) is -0.726. The van der Waals surface area contributed by atoms with Crippen molar-refractivity contribution in [2.24, 2.45) is 0 Å². The van der Waals surface area contributed by atoms with Gasteiger partial charge in [-0.15, -0.1) is 0 Å². The van der Waals surface area contributed by atoms with E-state index in [2.05, 4.69) is 12.2 Å². The van der Waals surface area contributed by atoms with E-state index in [1.54, 1.807) is 0 Å². The molecule has 2 unspecified atom stereocenters. The van der Waals surface area contributed by atoms with Crippen LogP contribution in [0.3, 0.4) is 0 Å². The van der Waals surface area contributed by atoms with Crippen LogP contribution in [-0.2, 0) is 4.57 Å². The Hall–Kier alpha value is 0.460. The Balaban J connectivity index is 4.41. The van der Waals surface area contributed by atoms with Crippen LogP contribution in [0.1, 0.15) is 0 Å². The lowest BCUT2D eigenvalue weighted by Gasteiger charge is -2.01. The van der Waals surface area contributed by atoms with Crippen molar-refractivity contribution in [3.63, 3.8) is 0 Å². The first-order valence-corrected chi connectivity index (χ1v) is 6.20. The molecule has 0 amide bonds. The van der Waals surface area contributed by atoms with Crippen LogP contribution in [0, 0.1) is 0 Å². The van der Waals surface area contributed by atoms with Crippen LogP contribution in [0.2, 0.25) is 0 Å². The summed E-state index contributed by atoms with van der Waals surface area (Å²) in [5.41, 5.74) is 0. The molecule has 64 valence electrons. The summed E-state index contributed by atoms with van der Waals surface area (Å²) in [5, 5.41) is 7.74. The van der Waals surface area contributed by atoms with Gasteiger partial charge >= 0.3 is 21.1 Å². The fraction of sp³-hybridized carbons (Fsp3) is 0.667. The van der Waals surface area contributed by atoms with Gasteiger partial charge in [0.2, 0.25) is 6.35 Å². The summed E-state index contributed by atoms with van der Waals surface area (Å²) in [6.45, 7) is 0. The van der Waals surface area contributed by atoms with E-state index in [-0.39, 0.29) is 0 Å². The zero-order chi connectivity index (χ0) is 9.07. The van der Waals surface area contributed by atoms with Crippen LogP contribution in [0.4, 0.5) is 0 Å². The highest BCUT2D eigenvalue weighted by molar-refractivity contribution is 7.83. The molecule has 0 fully saturated rings. The highest BCUT2D eigenvalue weighted by Gasteiger charge is 2.54. The highest BCUT2D eigenvalue weighted by atomic mass is 32.1. The minimum Gasteiger partial charge on any atom is -0.353 e. The number of hydrogen-bond acceptors (Lipinski definition) is 6. The van der Waals surface area contributed by atoms with Crippen molar-refractivity contribution in [1.82, 2.24) is 0 Å². The molecule has 0 heterocycles. The molecule has 8 heteroatoms. The topological polar surface area (TPSA) is 98.0 Å². The second-order valence-corrected chi connectivity index (χ2v) is 5.86. The van der Waals surface area contributed by atoms with Crippen molar-refractivity contribution in [2.75, 3.05) is 6.35 Å². The van der Waals surface area contributed by atoms with Crippen LogP contribution in [0.5, 0.6) is 0 Å².